The Labute approximate surface area is 171 Å². The van der Waals surface area contributed by atoms with Gasteiger partial charge in [-0.1, -0.05) is 24.3 Å². The van der Waals surface area contributed by atoms with Gasteiger partial charge in [0.2, 0.25) is 10.0 Å². The predicted molar refractivity (Wildman–Crippen MR) is 110 cm³/mol. The Hall–Kier alpha value is -2.22. The largest absolute Gasteiger partial charge is 0.377 e. The van der Waals surface area contributed by atoms with Gasteiger partial charge in [0.05, 0.1) is 17.0 Å². The van der Waals surface area contributed by atoms with E-state index >= 15 is 0 Å². The molecule has 154 valence electrons. The highest BCUT2D eigenvalue weighted by Crippen LogP contribution is 2.29. The Morgan fingerprint density at radius 3 is 2.59 bits per heavy atom. The molecule has 2 aromatic carbocycles. The first-order chi connectivity index (χ1) is 14.0. The summed E-state index contributed by atoms with van der Waals surface area (Å²) in [5, 5.41) is 3.09. The van der Waals surface area contributed by atoms with Crippen LogP contribution in [0.25, 0.3) is 0 Å². The molecule has 1 saturated heterocycles. The van der Waals surface area contributed by atoms with Crippen molar-refractivity contribution in [2.75, 3.05) is 13.2 Å². The first-order valence-corrected chi connectivity index (χ1v) is 11.6. The van der Waals surface area contributed by atoms with Gasteiger partial charge < -0.3 is 10.1 Å². The van der Waals surface area contributed by atoms with E-state index in [9.17, 15) is 13.2 Å². The molecule has 1 amide bonds. The fraction of sp³-hybridized carbons (Fsp3) is 0.409. The minimum absolute atomic E-state index is 0.0102. The number of rotatable bonds is 6. The van der Waals surface area contributed by atoms with Crippen LogP contribution < -0.4 is 10.0 Å². The highest BCUT2D eigenvalue weighted by Gasteiger charge is 2.23. The van der Waals surface area contributed by atoms with Gasteiger partial charge in [0, 0.05) is 18.7 Å². The zero-order valence-electron chi connectivity index (χ0n) is 16.3. The number of carbonyl (C=O) groups is 1. The van der Waals surface area contributed by atoms with E-state index in [-0.39, 0.29) is 29.5 Å². The molecule has 1 fully saturated rings. The molecule has 0 bridgehead atoms. The monoisotopic (exact) mass is 414 g/mol. The highest BCUT2D eigenvalue weighted by molar-refractivity contribution is 7.89. The molecule has 7 heteroatoms. The van der Waals surface area contributed by atoms with Gasteiger partial charge in [-0.05, 0) is 67.5 Å². The standard InChI is InChI=1S/C22H26N2O4S/c25-22(24-21-9-3-6-16-5-1-2-8-20(16)21)17-10-12-19(13-11-17)29(26,27)23-15-18-7-4-14-28-18/h1-2,5,8,10-13,18,21,23H,3-4,6-7,9,14-15H2,(H,24,25). The van der Waals surface area contributed by atoms with E-state index in [1.165, 1.54) is 23.3 Å². The maximum Gasteiger partial charge on any atom is 0.251 e. The van der Waals surface area contributed by atoms with Crippen LogP contribution in [0.1, 0.15) is 53.2 Å². The lowest BCUT2D eigenvalue weighted by Crippen LogP contribution is -2.32. The number of amides is 1. The Kier molecular flexibility index (Phi) is 5.99. The maximum atomic E-state index is 12.7. The SMILES string of the molecule is O=C(NC1CCCc2ccccc21)c1ccc(S(=O)(=O)NCC2CCCO2)cc1. The Bertz CT molecular complexity index is 967. The topological polar surface area (TPSA) is 84.5 Å². The van der Waals surface area contributed by atoms with Crippen molar-refractivity contribution in [3.05, 3.63) is 65.2 Å². The van der Waals surface area contributed by atoms with Crippen molar-refractivity contribution in [1.82, 2.24) is 10.0 Å². The van der Waals surface area contributed by atoms with E-state index < -0.39 is 10.0 Å². The van der Waals surface area contributed by atoms with Gasteiger partial charge in [-0.25, -0.2) is 13.1 Å². The predicted octanol–water partition coefficient (Wildman–Crippen LogP) is 2.95. The zero-order chi connectivity index (χ0) is 20.3. The quantitative estimate of drug-likeness (QED) is 0.761. The van der Waals surface area contributed by atoms with Crippen LogP contribution in [-0.2, 0) is 21.2 Å². The smallest absolute Gasteiger partial charge is 0.251 e. The molecule has 1 heterocycles. The summed E-state index contributed by atoms with van der Waals surface area (Å²) in [4.78, 5) is 12.8. The summed E-state index contributed by atoms with van der Waals surface area (Å²) in [6, 6.07) is 14.2. The molecule has 2 unspecified atom stereocenters. The molecule has 1 aliphatic heterocycles. The number of fused-ring (bicyclic) bond motifs is 1. The number of benzene rings is 2. The van der Waals surface area contributed by atoms with Gasteiger partial charge in [-0.15, -0.1) is 0 Å². The Morgan fingerprint density at radius 1 is 1.03 bits per heavy atom. The molecule has 0 saturated carbocycles. The molecule has 2 N–H and O–H groups in total. The van der Waals surface area contributed by atoms with E-state index in [1.54, 1.807) is 12.1 Å². The normalized spacial score (nSPS) is 21.5. The summed E-state index contributed by atoms with van der Waals surface area (Å²) < 4.78 is 33.0. The van der Waals surface area contributed by atoms with Gasteiger partial charge in [-0.2, -0.15) is 0 Å². The third kappa shape index (κ3) is 4.69. The third-order valence-corrected chi connectivity index (χ3v) is 7.07. The van der Waals surface area contributed by atoms with Crippen molar-refractivity contribution in [2.24, 2.45) is 0 Å². The van der Waals surface area contributed by atoms with Crippen LogP contribution in [0.3, 0.4) is 0 Å². The molecule has 0 spiro atoms. The van der Waals surface area contributed by atoms with Crippen LogP contribution in [-0.4, -0.2) is 33.6 Å². The van der Waals surface area contributed by atoms with Crippen LogP contribution in [0.5, 0.6) is 0 Å². The minimum Gasteiger partial charge on any atom is -0.377 e. The molecule has 0 radical (unpaired) electrons. The van der Waals surface area contributed by atoms with E-state index in [0.29, 0.717) is 12.2 Å². The van der Waals surface area contributed by atoms with Crippen molar-refractivity contribution < 1.29 is 17.9 Å². The maximum absolute atomic E-state index is 12.7. The lowest BCUT2D eigenvalue weighted by atomic mass is 9.87. The number of hydrogen-bond donors (Lipinski definition) is 2. The molecule has 1 aliphatic carbocycles. The van der Waals surface area contributed by atoms with E-state index in [2.05, 4.69) is 22.2 Å². The summed E-state index contributed by atoms with van der Waals surface area (Å²) in [6.45, 7) is 0.952. The first kappa shape index (κ1) is 20.1. The average Bonchev–Trinajstić information content (AvgIpc) is 3.26. The number of carbonyl (C=O) groups excluding carboxylic acids is 1. The number of aryl methyl sites for hydroxylation is 1. The van der Waals surface area contributed by atoms with E-state index in [1.807, 2.05) is 12.1 Å². The zero-order valence-corrected chi connectivity index (χ0v) is 17.1. The fourth-order valence-corrected chi connectivity index (χ4v) is 5.09. The average molecular weight is 415 g/mol. The van der Waals surface area contributed by atoms with E-state index in [0.717, 1.165) is 32.1 Å². The minimum atomic E-state index is -3.62. The van der Waals surface area contributed by atoms with E-state index in [4.69, 9.17) is 4.74 Å². The van der Waals surface area contributed by atoms with Gasteiger partial charge in [0.25, 0.3) is 5.91 Å². The van der Waals surface area contributed by atoms with Gasteiger partial charge in [-0.3, -0.25) is 4.79 Å². The molecule has 2 aromatic rings. The summed E-state index contributed by atoms with van der Waals surface area (Å²) in [7, 11) is -3.62. The van der Waals surface area contributed by atoms with Crippen LogP contribution >= 0.6 is 0 Å². The first-order valence-electron chi connectivity index (χ1n) is 10.1. The second-order valence-corrected chi connectivity index (χ2v) is 9.40. The lowest BCUT2D eigenvalue weighted by Gasteiger charge is -2.26. The van der Waals surface area contributed by atoms with Gasteiger partial charge in [0.1, 0.15) is 0 Å². The second-order valence-electron chi connectivity index (χ2n) is 7.63. The summed E-state index contributed by atoms with van der Waals surface area (Å²) in [6.07, 6.45) is 4.74. The van der Waals surface area contributed by atoms with Crippen molar-refractivity contribution in [1.29, 1.82) is 0 Å². The molecular formula is C22H26N2O4S. The molecular weight excluding hydrogens is 388 g/mol. The second kappa shape index (κ2) is 8.65. The van der Waals surface area contributed by atoms with Gasteiger partial charge in [0.15, 0.2) is 0 Å². The van der Waals surface area contributed by atoms with Crippen molar-refractivity contribution in [3.63, 3.8) is 0 Å². The highest BCUT2D eigenvalue weighted by atomic mass is 32.2. The number of nitrogens with one attached hydrogen (secondary N) is 2. The van der Waals surface area contributed by atoms with Crippen LogP contribution in [0.4, 0.5) is 0 Å². The Balaban J connectivity index is 1.40. The lowest BCUT2D eigenvalue weighted by molar-refractivity contribution is 0.0932. The molecule has 6 nitrogen and oxygen atoms in total. The number of hydrogen-bond acceptors (Lipinski definition) is 4. The summed E-state index contributed by atoms with van der Waals surface area (Å²) >= 11 is 0. The number of sulfonamides is 1. The molecule has 0 aromatic heterocycles. The fourth-order valence-electron chi connectivity index (χ4n) is 4.02. The van der Waals surface area contributed by atoms with Crippen molar-refractivity contribution >= 4 is 15.9 Å². The third-order valence-electron chi connectivity index (χ3n) is 5.63. The van der Waals surface area contributed by atoms with Crippen LogP contribution in [0.15, 0.2) is 53.4 Å². The summed E-state index contributed by atoms with van der Waals surface area (Å²) in [5.74, 6) is -0.192. The van der Waals surface area contributed by atoms with Crippen molar-refractivity contribution in [3.8, 4) is 0 Å². The van der Waals surface area contributed by atoms with Crippen molar-refractivity contribution in [2.45, 2.75) is 49.1 Å². The van der Waals surface area contributed by atoms with Gasteiger partial charge >= 0.3 is 0 Å². The number of ether oxygens (including phenoxy) is 1. The molecule has 29 heavy (non-hydrogen) atoms. The molecule has 2 atom stereocenters. The van der Waals surface area contributed by atoms with Crippen LogP contribution in [0, 0.1) is 0 Å². The molecule has 4 rings (SSSR count). The van der Waals surface area contributed by atoms with Crippen LogP contribution in [0.2, 0.25) is 0 Å². The summed E-state index contributed by atoms with van der Waals surface area (Å²) in [5.41, 5.74) is 2.90. The Morgan fingerprint density at radius 2 is 1.83 bits per heavy atom. The molecule has 2 aliphatic rings.